The van der Waals surface area contributed by atoms with Gasteiger partial charge in [-0.2, -0.15) is 10.5 Å². The van der Waals surface area contributed by atoms with Crippen LogP contribution in [-0.4, -0.2) is 10.2 Å². The molecule has 5 rings (SSSR count). The van der Waals surface area contributed by atoms with Gasteiger partial charge in [-0.3, -0.25) is 0 Å². The van der Waals surface area contributed by atoms with E-state index in [1.807, 2.05) is 12.1 Å². The zero-order valence-corrected chi connectivity index (χ0v) is 13.2. The highest BCUT2D eigenvalue weighted by molar-refractivity contribution is 8.24. The van der Waals surface area contributed by atoms with Crippen LogP contribution >= 0.6 is 23.5 Å². The lowest BCUT2D eigenvalue weighted by Crippen LogP contribution is -2.22. The van der Waals surface area contributed by atoms with E-state index in [0.717, 1.165) is 36.8 Å². The van der Waals surface area contributed by atoms with Gasteiger partial charge in [0, 0.05) is 11.1 Å². The van der Waals surface area contributed by atoms with E-state index >= 15 is 0 Å². The van der Waals surface area contributed by atoms with Crippen LogP contribution < -0.4 is 0 Å². The smallest absolute Gasteiger partial charge is 0.150 e. The molecule has 0 saturated heterocycles. The molecular formula is C16H12N2O2S2. The normalized spacial score (nSPS) is 24.4. The molecule has 6 heteroatoms. The van der Waals surface area contributed by atoms with Crippen molar-refractivity contribution in [2.45, 2.75) is 47.3 Å². The van der Waals surface area contributed by atoms with Crippen molar-refractivity contribution in [1.82, 2.24) is 0 Å². The number of allylic oxidation sites excluding steroid dienone is 1. The van der Waals surface area contributed by atoms with Crippen LogP contribution in [0.1, 0.15) is 48.6 Å². The van der Waals surface area contributed by atoms with Gasteiger partial charge < -0.3 is 10.2 Å². The first-order valence-corrected chi connectivity index (χ1v) is 8.80. The summed E-state index contributed by atoms with van der Waals surface area (Å²) in [4.78, 5) is 1.21. The van der Waals surface area contributed by atoms with Gasteiger partial charge in [0.25, 0.3) is 0 Å². The number of aromatic hydroxyl groups is 2. The maximum Gasteiger partial charge on any atom is 0.150 e. The van der Waals surface area contributed by atoms with E-state index in [9.17, 15) is 10.2 Å². The van der Waals surface area contributed by atoms with E-state index in [4.69, 9.17) is 10.5 Å². The molecule has 22 heavy (non-hydrogen) atoms. The van der Waals surface area contributed by atoms with Crippen molar-refractivity contribution >= 4 is 23.5 Å². The molecule has 0 atom stereocenters. The van der Waals surface area contributed by atoms with Crippen LogP contribution in [0.15, 0.2) is 19.6 Å². The van der Waals surface area contributed by atoms with Gasteiger partial charge >= 0.3 is 0 Å². The third-order valence-electron chi connectivity index (χ3n) is 4.80. The molecular weight excluding hydrogens is 316 g/mol. The monoisotopic (exact) mass is 328 g/mol. The fourth-order valence-corrected chi connectivity index (χ4v) is 6.29. The second-order valence-corrected chi connectivity index (χ2v) is 8.12. The fourth-order valence-electron chi connectivity index (χ4n) is 3.83. The van der Waals surface area contributed by atoms with Crippen molar-refractivity contribution in [2.24, 2.45) is 0 Å². The Labute approximate surface area is 136 Å². The average Bonchev–Trinajstić information content (AvgIpc) is 3.00. The standard InChI is InChI=1S/C16H12N2O2S2/c17-5-9(6-18)16-21-14-12(19)10-7-1-2-8(4-3-7)11(10)13(20)15(14)22-16/h7-8,19-20H,1-4H2. The molecule has 1 aromatic carbocycles. The summed E-state index contributed by atoms with van der Waals surface area (Å²) in [6, 6.07) is 3.76. The van der Waals surface area contributed by atoms with E-state index in [1.165, 1.54) is 23.5 Å². The third-order valence-corrected chi connectivity index (χ3v) is 7.41. The maximum absolute atomic E-state index is 10.7. The Morgan fingerprint density at radius 3 is 1.64 bits per heavy atom. The molecule has 0 amide bonds. The van der Waals surface area contributed by atoms with Crippen LogP contribution in [0.5, 0.6) is 11.5 Å². The molecule has 1 heterocycles. The topological polar surface area (TPSA) is 88.0 Å². The Morgan fingerprint density at radius 2 is 1.27 bits per heavy atom. The first-order valence-electron chi connectivity index (χ1n) is 7.17. The van der Waals surface area contributed by atoms with E-state index in [0.29, 0.717) is 25.9 Å². The van der Waals surface area contributed by atoms with Crippen molar-refractivity contribution in [3.63, 3.8) is 0 Å². The molecule has 2 bridgehead atoms. The number of nitriles is 2. The summed E-state index contributed by atoms with van der Waals surface area (Å²) in [5, 5.41) is 39.5. The van der Waals surface area contributed by atoms with Crippen LogP contribution in [0.3, 0.4) is 0 Å². The summed E-state index contributed by atoms with van der Waals surface area (Å²) in [6.07, 6.45) is 4.24. The molecule has 0 unspecified atom stereocenters. The predicted octanol–water partition coefficient (Wildman–Crippen LogP) is 4.31. The first kappa shape index (κ1) is 13.9. The summed E-state index contributed by atoms with van der Waals surface area (Å²) < 4.78 is 0.542. The van der Waals surface area contributed by atoms with Gasteiger partial charge in [0.05, 0.1) is 14.0 Å². The quantitative estimate of drug-likeness (QED) is 0.545. The average molecular weight is 328 g/mol. The van der Waals surface area contributed by atoms with Gasteiger partial charge in [-0.15, -0.1) is 0 Å². The van der Waals surface area contributed by atoms with E-state index in [2.05, 4.69) is 0 Å². The highest BCUT2D eigenvalue weighted by Crippen LogP contribution is 2.65. The molecule has 1 aromatic rings. The highest BCUT2D eigenvalue weighted by Gasteiger charge is 2.41. The Balaban J connectivity index is 1.94. The number of thioether (sulfide) groups is 2. The van der Waals surface area contributed by atoms with E-state index in [-0.39, 0.29) is 17.1 Å². The molecule has 2 N–H and O–H groups in total. The molecule has 0 aromatic heterocycles. The molecule has 110 valence electrons. The van der Waals surface area contributed by atoms with E-state index < -0.39 is 0 Å². The van der Waals surface area contributed by atoms with Gasteiger partial charge in [0.2, 0.25) is 0 Å². The number of hydrogen-bond acceptors (Lipinski definition) is 6. The number of nitrogens with zero attached hydrogens (tertiary/aromatic N) is 2. The molecule has 4 aliphatic rings. The van der Waals surface area contributed by atoms with Crippen LogP contribution in [0.4, 0.5) is 0 Å². The van der Waals surface area contributed by atoms with Crippen LogP contribution in [0.25, 0.3) is 0 Å². The zero-order chi connectivity index (χ0) is 15.4. The second kappa shape index (κ2) is 4.87. The maximum atomic E-state index is 10.7. The predicted molar refractivity (Wildman–Crippen MR) is 83.7 cm³/mol. The number of phenolic OH excluding ortho intramolecular Hbond substituents is 2. The minimum Gasteiger partial charge on any atom is -0.506 e. The van der Waals surface area contributed by atoms with Crippen molar-refractivity contribution in [3.05, 3.63) is 20.9 Å². The number of benzene rings is 1. The van der Waals surface area contributed by atoms with Gasteiger partial charge in [-0.05, 0) is 37.5 Å². The van der Waals surface area contributed by atoms with Gasteiger partial charge in [0.15, 0.2) is 0 Å². The van der Waals surface area contributed by atoms with Gasteiger partial charge in [-0.25, -0.2) is 0 Å². The molecule has 0 radical (unpaired) electrons. The van der Waals surface area contributed by atoms with E-state index in [1.54, 1.807) is 0 Å². The minimum atomic E-state index is 0.0333. The number of phenols is 2. The van der Waals surface area contributed by atoms with Crippen molar-refractivity contribution in [2.75, 3.05) is 0 Å². The van der Waals surface area contributed by atoms with Crippen LogP contribution in [0.2, 0.25) is 0 Å². The minimum absolute atomic E-state index is 0.0333. The number of rotatable bonds is 0. The van der Waals surface area contributed by atoms with Gasteiger partial charge in [-0.1, -0.05) is 23.5 Å². The summed E-state index contributed by atoms with van der Waals surface area (Å²) in [5.74, 6) is 1.14. The Morgan fingerprint density at radius 1 is 0.864 bits per heavy atom. The Bertz CT molecular complexity index is 744. The highest BCUT2D eigenvalue weighted by atomic mass is 32.2. The Hall–Kier alpha value is -1.76. The SMILES string of the molecule is N#CC(C#N)=C1Sc2c(O)c3c(c(O)c2S1)C1CCC3CC1. The largest absolute Gasteiger partial charge is 0.506 e. The lowest BCUT2D eigenvalue weighted by Gasteiger charge is -2.39. The second-order valence-electron chi connectivity index (χ2n) is 5.82. The van der Waals surface area contributed by atoms with Gasteiger partial charge in [0.1, 0.15) is 29.2 Å². The molecule has 1 saturated carbocycles. The van der Waals surface area contributed by atoms with Crippen molar-refractivity contribution < 1.29 is 10.2 Å². The van der Waals surface area contributed by atoms with Crippen molar-refractivity contribution in [3.8, 4) is 23.6 Å². The fraction of sp³-hybridized carbons (Fsp3) is 0.375. The summed E-state index contributed by atoms with van der Waals surface area (Å²) in [5.41, 5.74) is 1.85. The lowest BCUT2D eigenvalue weighted by atomic mass is 9.66. The van der Waals surface area contributed by atoms with Crippen molar-refractivity contribution in [1.29, 1.82) is 10.5 Å². The molecule has 1 fully saturated rings. The summed E-state index contributed by atoms with van der Waals surface area (Å²) >= 11 is 2.44. The zero-order valence-electron chi connectivity index (χ0n) is 11.6. The molecule has 3 aliphatic carbocycles. The lowest BCUT2D eigenvalue weighted by molar-refractivity contribution is 0.321. The number of fused-ring (bicyclic) bond motifs is 3. The molecule has 1 aliphatic heterocycles. The van der Waals surface area contributed by atoms with Crippen LogP contribution in [-0.2, 0) is 0 Å². The Kier molecular flexibility index (Phi) is 3.07. The van der Waals surface area contributed by atoms with Crippen LogP contribution in [0, 0.1) is 22.7 Å². The summed E-state index contributed by atoms with van der Waals surface area (Å²) in [6.45, 7) is 0. The molecule has 0 spiro atoms. The number of hydrogen-bond donors (Lipinski definition) is 2. The third kappa shape index (κ3) is 1.71. The molecule has 4 nitrogen and oxygen atoms in total. The first-order chi connectivity index (χ1) is 10.7. The summed E-state index contributed by atoms with van der Waals surface area (Å²) in [7, 11) is 0.